The van der Waals surface area contributed by atoms with E-state index < -0.39 is 11.1 Å². The fourth-order valence-corrected chi connectivity index (χ4v) is 4.75. The van der Waals surface area contributed by atoms with E-state index in [0.29, 0.717) is 41.5 Å². The molecule has 0 radical (unpaired) electrons. The highest BCUT2D eigenvalue weighted by Crippen LogP contribution is 2.44. The van der Waals surface area contributed by atoms with Crippen LogP contribution in [0, 0.1) is 6.92 Å². The van der Waals surface area contributed by atoms with Crippen molar-refractivity contribution in [3.8, 4) is 22.8 Å². The SMILES string of the molecule is COc1cc(C(=O)CCC(C)(O)c2cc3c(c(-c4ccc(C)cc4)n2)OCC3(C)N)cc2c1CC=N2. The van der Waals surface area contributed by atoms with Crippen LogP contribution < -0.4 is 15.2 Å². The van der Waals surface area contributed by atoms with Crippen molar-refractivity contribution < 1.29 is 19.4 Å². The summed E-state index contributed by atoms with van der Waals surface area (Å²) in [5, 5.41) is 11.5. The average Bonchev–Trinajstić information content (AvgIpc) is 3.46. The molecule has 0 bridgehead atoms. The summed E-state index contributed by atoms with van der Waals surface area (Å²) in [6.07, 6.45) is 2.83. The van der Waals surface area contributed by atoms with E-state index in [2.05, 4.69) is 4.99 Å². The minimum absolute atomic E-state index is 0.0922. The number of methoxy groups -OCH3 is 1. The zero-order chi connectivity index (χ0) is 25.7. The van der Waals surface area contributed by atoms with Gasteiger partial charge in [0, 0.05) is 41.3 Å². The number of nitrogens with two attached hydrogens (primary N) is 1. The van der Waals surface area contributed by atoms with E-state index in [1.165, 1.54) is 0 Å². The number of hydrogen-bond donors (Lipinski definition) is 2. The van der Waals surface area contributed by atoms with Crippen molar-refractivity contribution in [3.05, 3.63) is 70.4 Å². The first kappa shape index (κ1) is 24.2. The van der Waals surface area contributed by atoms with E-state index in [-0.39, 0.29) is 18.6 Å². The Morgan fingerprint density at radius 3 is 2.72 bits per heavy atom. The lowest BCUT2D eigenvalue weighted by atomic mass is 9.87. The summed E-state index contributed by atoms with van der Waals surface area (Å²) in [5.41, 5.74) is 10.7. The number of nitrogens with zero attached hydrogens (tertiary/aromatic N) is 2. The van der Waals surface area contributed by atoms with Crippen LogP contribution in [0.3, 0.4) is 0 Å². The Balaban J connectivity index is 1.45. The molecule has 3 N–H and O–H groups in total. The zero-order valence-electron chi connectivity index (χ0n) is 21.1. The van der Waals surface area contributed by atoms with Crippen molar-refractivity contribution in [2.24, 2.45) is 10.7 Å². The molecule has 186 valence electrons. The van der Waals surface area contributed by atoms with Crippen molar-refractivity contribution in [2.75, 3.05) is 13.7 Å². The molecule has 0 amide bonds. The van der Waals surface area contributed by atoms with E-state index in [4.69, 9.17) is 20.2 Å². The molecule has 0 spiro atoms. The summed E-state index contributed by atoms with van der Waals surface area (Å²) >= 11 is 0. The number of carbonyl (C=O) groups is 1. The number of aliphatic hydroxyl groups is 1. The maximum atomic E-state index is 13.1. The normalized spacial score (nSPS) is 19.4. The van der Waals surface area contributed by atoms with Crippen molar-refractivity contribution >= 4 is 17.7 Å². The van der Waals surface area contributed by atoms with E-state index in [0.717, 1.165) is 27.9 Å². The molecular formula is C29H31N3O4. The lowest BCUT2D eigenvalue weighted by Crippen LogP contribution is -2.35. The third-order valence-electron chi connectivity index (χ3n) is 7.07. The molecule has 5 rings (SSSR count). The van der Waals surface area contributed by atoms with E-state index in [9.17, 15) is 9.90 Å². The highest BCUT2D eigenvalue weighted by molar-refractivity contribution is 5.98. The molecule has 2 atom stereocenters. The quantitative estimate of drug-likeness (QED) is 0.467. The monoisotopic (exact) mass is 485 g/mol. The molecule has 2 unspecified atom stereocenters. The number of aryl methyl sites for hydroxylation is 1. The molecule has 3 heterocycles. The standard InChI is InChI=1S/C29H31N3O4/c1-17-5-7-18(8-6-17)26-27-21(28(2,30)16-36-27)15-25(32-26)29(3,34)11-9-23(33)19-13-22-20(10-12-31-22)24(14-19)35-4/h5-8,12-15,34H,9-11,16,30H2,1-4H3. The molecule has 2 aromatic carbocycles. The number of rotatable bonds is 7. The molecule has 7 heteroatoms. The highest BCUT2D eigenvalue weighted by atomic mass is 16.5. The number of benzene rings is 2. The topological polar surface area (TPSA) is 107 Å². The number of hydrogen-bond acceptors (Lipinski definition) is 7. The molecular weight excluding hydrogens is 454 g/mol. The first-order valence-electron chi connectivity index (χ1n) is 12.1. The van der Waals surface area contributed by atoms with Crippen LogP contribution in [0.1, 0.15) is 59.4 Å². The molecule has 0 aliphatic carbocycles. The lowest BCUT2D eigenvalue weighted by Gasteiger charge is -2.25. The van der Waals surface area contributed by atoms with Crippen molar-refractivity contribution in [1.29, 1.82) is 0 Å². The number of ketones is 1. The predicted molar refractivity (Wildman–Crippen MR) is 139 cm³/mol. The van der Waals surface area contributed by atoms with Gasteiger partial charge in [0.05, 0.1) is 24.0 Å². The van der Waals surface area contributed by atoms with E-state index >= 15 is 0 Å². The van der Waals surface area contributed by atoms with Gasteiger partial charge in [-0.2, -0.15) is 0 Å². The Bertz CT molecular complexity index is 1370. The second kappa shape index (κ2) is 8.84. The summed E-state index contributed by atoms with van der Waals surface area (Å²) < 4.78 is 11.4. The Morgan fingerprint density at radius 1 is 1.25 bits per heavy atom. The second-order valence-corrected chi connectivity index (χ2v) is 10.2. The van der Waals surface area contributed by atoms with Gasteiger partial charge in [-0.15, -0.1) is 0 Å². The first-order valence-corrected chi connectivity index (χ1v) is 12.1. The van der Waals surface area contributed by atoms with Gasteiger partial charge < -0.3 is 20.3 Å². The van der Waals surface area contributed by atoms with Crippen LogP contribution in [0.25, 0.3) is 11.3 Å². The molecule has 3 aromatic rings. The van der Waals surface area contributed by atoms with Gasteiger partial charge in [-0.1, -0.05) is 29.8 Å². The average molecular weight is 486 g/mol. The second-order valence-electron chi connectivity index (χ2n) is 10.2. The van der Waals surface area contributed by atoms with Crippen LogP contribution in [0.5, 0.6) is 11.5 Å². The van der Waals surface area contributed by atoms with Gasteiger partial charge >= 0.3 is 0 Å². The largest absolute Gasteiger partial charge is 0.496 e. The molecule has 7 nitrogen and oxygen atoms in total. The predicted octanol–water partition coefficient (Wildman–Crippen LogP) is 4.76. The number of Topliss-reactive ketones (excluding diaryl/α,β-unsaturated/α-hetero) is 1. The van der Waals surface area contributed by atoms with Crippen molar-refractivity contribution in [2.45, 2.75) is 51.2 Å². The minimum Gasteiger partial charge on any atom is -0.496 e. The Morgan fingerprint density at radius 2 is 2.00 bits per heavy atom. The number of ether oxygens (including phenoxy) is 2. The molecule has 0 saturated heterocycles. The maximum absolute atomic E-state index is 13.1. The molecule has 0 saturated carbocycles. The van der Waals surface area contributed by atoms with Crippen LogP contribution in [0.4, 0.5) is 5.69 Å². The Kier molecular flexibility index (Phi) is 5.93. The third-order valence-corrected chi connectivity index (χ3v) is 7.07. The van der Waals surface area contributed by atoms with Gasteiger partial charge in [0.1, 0.15) is 23.7 Å². The first-order chi connectivity index (χ1) is 17.1. The summed E-state index contributed by atoms with van der Waals surface area (Å²) in [6, 6.07) is 13.4. The summed E-state index contributed by atoms with van der Waals surface area (Å²) in [5.74, 6) is 1.21. The summed E-state index contributed by atoms with van der Waals surface area (Å²) in [6.45, 7) is 5.94. The number of aliphatic imine (C=N–C) groups is 1. The van der Waals surface area contributed by atoms with Crippen LogP contribution in [-0.2, 0) is 17.6 Å². The summed E-state index contributed by atoms with van der Waals surface area (Å²) in [7, 11) is 1.59. The van der Waals surface area contributed by atoms with Gasteiger partial charge in [-0.3, -0.25) is 9.79 Å². The number of aromatic nitrogens is 1. The molecule has 1 aromatic heterocycles. The Hall–Kier alpha value is -3.55. The van der Waals surface area contributed by atoms with Crippen molar-refractivity contribution in [3.63, 3.8) is 0 Å². The highest BCUT2D eigenvalue weighted by Gasteiger charge is 2.38. The summed E-state index contributed by atoms with van der Waals surface area (Å²) in [4.78, 5) is 22.3. The minimum atomic E-state index is -1.36. The van der Waals surface area contributed by atoms with Gasteiger partial charge in [-0.05, 0) is 45.4 Å². The van der Waals surface area contributed by atoms with Crippen LogP contribution >= 0.6 is 0 Å². The fraction of sp³-hybridized carbons (Fsp3) is 0.345. The van der Waals surface area contributed by atoms with Gasteiger partial charge in [-0.25, -0.2) is 4.98 Å². The van der Waals surface area contributed by atoms with Crippen LogP contribution in [0.2, 0.25) is 0 Å². The molecule has 2 aliphatic heterocycles. The van der Waals surface area contributed by atoms with E-state index in [1.807, 2.05) is 50.4 Å². The Labute approximate surface area is 211 Å². The molecule has 2 aliphatic rings. The van der Waals surface area contributed by atoms with Crippen LogP contribution in [-0.4, -0.2) is 35.8 Å². The third kappa shape index (κ3) is 4.29. The number of pyridine rings is 1. The maximum Gasteiger partial charge on any atom is 0.163 e. The van der Waals surface area contributed by atoms with Crippen LogP contribution in [0.15, 0.2) is 47.5 Å². The fourth-order valence-electron chi connectivity index (χ4n) is 4.75. The zero-order valence-corrected chi connectivity index (χ0v) is 21.1. The smallest absolute Gasteiger partial charge is 0.163 e. The number of fused-ring (bicyclic) bond motifs is 2. The van der Waals surface area contributed by atoms with Crippen molar-refractivity contribution in [1.82, 2.24) is 4.98 Å². The number of carbonyl (C=O) groups excluding carboxylic acids is 1. The van der Waals surface area contributed by atoms with Gasteiger partial charge in [0.15, 0.2) is 11.5 Å². The molecule has 36 heavy (non-hydrogen) atoms. The van der Waals surface area contributed by atoms with Gasteiger partial charge in [0.25, 0.3) is 0 Å². The van der Waals surface area contributed by atoms with E-state index in [1.54, 1.807) is 26.2 Å². The molecule has 0 fully saturated rings. The van der Waals surface area contributed by atoms with Gasteiger partial charge in [0.2, 0.25) is 0 Å². The lowest BCUT2D eigenvalue weighted by molar-refractivity contribution is 0.0396.